The number of hydrogen-bond donors (Lipinski definition) is 1. The lowest BCUT2D eigenvalue weighted by Crippen LogP contribution is -2.37. The summed E-state index contributed by atoms with van der Waals surface area (Å²) in [5.74, 6) is 0.324. The van der Waals surface area contributed by atoms with E-state index in [0.29, 0.717) is 26.1 Å². The number of nitrogens with zero attached hydrogens (tertiary/aromatic N) is 1. The molecule has 1 N–H and O–H groups in total. The maximum Gasteiger partial charge on any atom is 0.225 e. The van der Waals surface area contributed by atoms with Crippen molar-refractivity contribution in [1.29, 1.82) is 0 Å². The molecule has 0 saturated carbocycles. The number of nitrogens with one attached hydrogen (secondary N) is 1. The summed E-state index contributed by atoms with van der Waals surface area (Å²) in [7, 11) is 0. The molecule has 15 heavy (non-hydrogen) atoms. The Labute approximate surface area is 91.0 Å². The summed E-state index contributed by atoms with van der Waals surface area (Å²) in [6.45, 7) is 5.85. The molecule has 1 atom stereocenters. The van der Waals surface area contributed by atoms with Crippen molar-refractivity contribution in [3.8, 4) is 0 Å². The van der Waals surface area contributed by atoms with Crippen molar-refractivity contribution in [2.24, 2.45) is 5.92 Å². The largest absolute Gasteiger partial charge is 0.354 e. The number of carbonyl (C=O) groups excluding carboxylic acids is 2. The van der Waals surface area contributed by atoms with Crippen LogP contribution in [-0.4, -0.2) is 36.3 Å². The Bertz CT molecular complexity index is 241. The van der Waals surface area contributed by atoms with Gasteiger partial charge in [-0.05, 0) is 6.42 Å². The van der Waals surface area contributed by atoms with Crippen LogP contribution in [-0.2, 0) is 9.59 Å². The molecular weight excluding hydrogens is 192 g/mol. The second-order valence-electron chi connectivity index (χ2n) is 4.11. The summed E-state index contributed by atoms with van der Waals surface area (Å²) in [5.41, 5.74) is 0. The lowest BCUT2D eigenvalue weighted by Gasteiger charge is -2.23. The van der Waals surface area contributed by atoms with Gasteiger partial charge in [0.1, 0.15) is 0 Å². The predicted octanol–water partition coefficient (Wildman–Crippen LogP) is 0.771. The lowest BCUT2D eigenvalue weighted by atomic mass is 10.0. The normalized spacial score (nSPS) is 19.3. The standard InChI is InChI=1S/C11H20N2O2/c1-3-4-9(2)11(15)13-7-5-10(14)12-6-8-13/h9H,3-8H2,1-2H3,(H,12,14). The van der Waals surface area contributed by atoms with E-state index in [0.717, 1.165) is 12.8 Å². The smallest absolute Gasteiger partial charge is 0.225 e. The molecule has 4 heteroatoms. The highest BCUT2D eigenvalue weighted by molar-refractivity contribution is 5.81. The summed E-state index contributed by atoms with van der Waals surface area (Å²) in [6, 6.07) is 0. The number of amides is 2. The Kier molecular flexibility index (Phi) is 4.59. The van der Waals surface area contributed by atoms with Crippen molar-refractivity contribution in [3.05, 3.63) is 0 Å². The van der Waals surface area contributed by atoms with Crippen LogP contribution in [0, 0.1) is 5.92 Å². The molecule has 1 aliphatic heterocycles. The van der Waals surface area contributed by atoms with E-state index in [1.54, 1.807) is 4.90 Å². The van der Waals surface area contributed by atoms with Crippen LogP contribution >= 0.6 is 0 Å². The molecule has 0 aliphatic carbocycles. The van der Waals surface area contributed by atoms with Crippen LogP contribution in [0.15, 0.2) is 0 Å². The first-order chi connectivity index (χ1) is 7.15. The maximum absolute atomic E-state index is 11.9. The predicted molar refractivity (Wildman–Crippen MR) is 58.3 cm³/mol. The van der Waals surface area contributed by atoms with Crippen LogP contribution in [0.5, 0.6) is 0 Å². The van der Waals surface area contributed by atoms with E-state index in [1.165, 1.54) is 0 Å². The zero-order valence-electron chi connectivity index (χ0n) is 9.58. The number of hydrogen-bond acceptors (Lipinski definition) is 2. The maximum atomic E-state index is 11.9. The summed E-state index contributed by atoms with van der Waals surface area (Å²) >= 11 is 0. The fourth-order valence-electron chi connectivity index (χ4n) is 1.86. The Hall–Kier alpha value is -1.06. The highest BCUT2D eigenvalue weighted by atomic mass is 16.2. The Morgan fingerprint density at radius 3 is 2.93 bits per heavy atom. The van der Waals surface area contributed by atoms with Crippen LogP contribution in [0.1, 0.15) is 33.1 Å². The van der Waals surface area contributed by atoms with Crippen molar-refractivity contribution in [2.45, 2.75) is 33.1 Å². The Morgan fingerprint density at radius 1 is 1.53 bits per heavy atom. The van der Waals surface area contributed by atoms with E-state index in [1.807, 2.05) is 6.92 Å². The van der Waals surface area contributed by atoms with Crippen LogP contribution in [0.2, 0.25) is 0 Å². The van der Waals surface area contributed by atoms with Gasteiger partial charge in [-0.3, -0.25) is 9.59 Å². The summed E-state index contributed by atoms with van der Waals surface area (Å²) in [6.07, 6.45) is 2.39. The highest BCUT2D eigenvalue weighted by Crippen LogP contribution is 2.10. The molecule has 0 aromatic rings. The van der Waals surface area contributed by atoms with Crippen molar-refractivity contribution >= 4 is 11.8 Å². The van der Waals surface area contributed by atoms with Gasteiger partial charge in [-0.25, -0.2) is 0 Å². The minimum Gasteiger partial charge on any atom is -0.354 e. The third-order valence-corrected chi connectivity index (χ3v) is 2.77. The molecule has 0 bridgehead atoms. The first-order valence-electron chi connectivity index (χ1n) is 5.70. The van der Waals surface area contributed by atoms with Crippen molar-refractivity contribution in [1.82, 2.24) is 10.2 Å². The summed E-state index contributed by atoms with van der Waals surface area (Å²) < 4.78 is 0. The Balaban J connectivity index is 2.47. The second-order valence-corrected chi connectivity index (χ2v) is 4.11. The van der Waals surface area contributed by atoms with Crippen LogP contribution < -0.4 is 5.32 Å². The van der Waals surface area contributed by atoms with E-state index in [4.69, 9.17) is 0 Å². The molecule has 0 radical (unpaired) electrons. The summed E-state index contributed by atoms with van der Waals surface area (Å²) in [5, 5.41) is 2.77. The molecule has 1 fully saturated rings. The van der Waals surface area contributed by atoms with Crippen LogP contribution in [0.25, 0.3) is 0 Å². The Morgan fingerprint density at radius 2 is 2.27 bits per heavy atom. The fourth-order valence-corrected chi connectivity index (χ4v) is 1.86. The van der Waals surface area contributed by atoms with Gasteiger partial charge >= 0.3 is 0 Å². The fraction of sp³-hybridized carbons (Fsp3) is 0.818. The third-order valence-electron chi connectivity index (χ3n) is 2.77. The van der Waals surface area contributed by atoms with Crippen molar-refractivity contribution < 1.29 is 9.59 Å². The molecular formula is C11H20N2O2. The molecule has 1 rings (SSSR count). The molecule has 86 valence electrons. The number of rotatable bonds is 3. The first kappa shape index (κ1) is 12.0. The van der Waals surface area contributed by atoms with Gasteiger partial charge in [0.05, 0.1) is 0 Å². The molecule has 2 amide bonds. The molecule has 0 aromatic heterocycles. The molecule has 4 nitrogen and oxygen atoms in total. The SMILES string of the molecule is CCCC(C)C(=O)N1CCNC(=O)CC1. The van der Waals surface area contributed by atoms with Gasteiger partial charge in [0, 0.05) is 32.0 Å². The van der Waals surface area contributed by atoms with Gasteiger partial charge in [-0.1, -0.05) is 20.3 Å². The minimum absolute atomic E-state index is 0.0495. The van der Waals surface area contributed by atoms with E-state index in [2.05, 4.69) is 12.2 Å². The van der Waals surface area contributed by atoms with Gasteiger partial charge < -0.3 is 10.2 Å². The first-order valence-corrected chi connectivity index (χ1v) is 5.70. The quantitative estimate of drug-likeness (QED) is 0.751. The minimum atomic E-state index is 0.0495. The van der Waals surface area contributed by atoms with E-state index in [9.17, 15) is 9.59 Å². The van der Waals surface area contributed by atoms with E-state index < -0.39 is 0 Å². The van der Waals surface area contributed by atoms with Crippen molar-refractivity contribution in [3.63, 3.8) is 0 Å². The monoisotopic (exact) mass is 212 g/mol. The van der Waals surface area contributed by atoms with Gasteiger partial charge in [-0.2, -0.15) is 0 Å². The van der Waals surface area contributed by atoms with E-state index >= 15 is 0 Å². The average Bonchev–Trinajstić information content (AvgIpc) is 2.42. The molecule has 0 aromatic carbocycles. The zero-order chi connectivity index (χ0) is 11.3. The molecule has 0 spiro atoms. The second kappa shape index (κ2) is 5.73. The lowest BCUT2D eigenvalue weighted by molar-refractivity contribution is -0.135. The van der Waals surface area contributed by atoms with Crippen LogP contribution in [0.3, 0.4) is 0 Å². The molecule has 1 saturated heterocycles. The molecule has 1 heterocycles. The molecule has 1 aliphatic rings. The van der Waals surface area contributed by atoms with Crippen LogP contribution in [0.4, 0.5) is 0 Å². The average molecular weight is 212 g/mol. The van der Waals surface area contributed by atoms with Gasteiger partial charge in [0.2, 0.25) is 11.8 Å². The van der Waals surface area contributed by atoms with E-state index in [-0.39, 0.29) is 17.7 Å². The van der Waals surface area contributed by atoms with Gasteiger partial charge in [0.15, 0.2) is 0 Å². The van der Waals surface area contributed by atoms with Gasteiger partial charge in [-0.15, -0.1) is 0 Å². The topological polar surface area (TPSA) is 49.4 Å². The number of carbonyl (C=O) groups is 2. The third kappa shape index (κ3) is 3.53. The highest BCUT2D eigenvalue weighted by Gasteiger charge is 2.22. The summed E-state index contributed by atoms with van der Waals surface area (Å²) in [4.78, 5) is 24.8. The van der Waals surface area contributed by atoms with Crippen molar-refractivity contribution in [2.75, 3.05) is 19.6 Å². The zero-order valence-corrected chi connectivity index (χ0v) is 9.58. The van der Waals surface area contributed by atoms with Gasteiger partial charge in [0.25, 0.3) is 0 Å². The molecule has 1 unspecified atom stereocenters.